The Morgan fingerprint density at radius 3 is 2.68 bits per heavy atom. The highest BCUT2D eigenvalue weighted by molar-refractivity contribution is 5.78. The van der Waals surface area contributed by atoms with Crippen LogP contribution < -0.4 is 5.32 Å². The Hall–Kier alpha value is -1.68. The number of carbonyl (C=O) groups excluding carboxylic acids is 1. The highest BCUT2D eigenvalue weighted by atomic mass is 19.1. The van der Waals surface area contributed by atoms with E-state index in [-0.39, 0.29) is 11.7 Å². The molecule has 1 N–H and O–H groups in total. The van der Waals surface area contributed by atoms with Gasteiger partial charge in [0.25, 0.3) is 0 Å². The summed E-state index contributed by atoms with van der Waals surface area (Å²) in [4.78, 5) is 13.9. The lowest BCUT2D eigenvalue weighted by Crippen LogP contribution is -2.38. The highest BCUT2D eigenvalue weighted by Gasteiger charge is 2.30. The van der Waals surface area contributed by atoms with Crippen LogP contribution in [0.15, 0.2) is 36.9 Å². The molecule has 0 aromatic heterocycles. The Bertz CT molecular complexity index is 440. The van der Waals surface area contributed by atoms with E-state index in [0.717, 1.165) is 18.4 Å². The summed E-state index contributed by atoms with van der Waals surface area (Å²) in [6, 6.07) is 6.94. The van der Waals surface area contributed by atoms with Crippen LogP contribution in [0.25, 0.3) is 0 Å². The molecule has 1 aromatic rings. The molecule has 3 nitrogen and oxygen atoms in total. The van der Waals surface area contributed by atoms with Crippen LogP contribution in [0.1, 0.15) is 18.4 Å². The molecule has 0 atom stereocenters. The Morgan fingerprint density at radius 1 is 1.42 bits per heavy atom. The number of hydrogen-bond donors (Lipinski definition) is 1. The van der Waals surface area contributed by atoms with Crippen LogP contribution in [0, 0.1) is 5.82 Å². The SMILES string of the molecule is C=CCNC(=O)CN(Cc1ccc(F)cc1)C1CC1. The van der Waals surface area contributed by atoms with Crippen molar-refractivity contribution < 1.29 is 9.18 Å². The number of hydrogen-bond acceptors (Lipinski definition) is 2. The summed E-state index contributed by atoms with van der Waals surface area (Å²) < 4.78 is 12.9. The fourth-order valence-corrected chi connectivity index (χ4v) is 2.00. The van der Waals surface area contributed by atoms with Crippen molar-refractivity contribution in [1.29, 1.82) is 0 Å². The molecule has 0 unspecified atom stereocenters. The zero-order valence-electron chi connectivity index (χ0n) is 10.9. The number of rotatable bonds is 7. The summed E-state index contributed by atoms with van der Waals surface area (Å²) in [5.41, 5.74) is 1.03. The molecule has 1 aliphatic rings. The monoisotopic (exact) mass is 262 g/mol. The van der Waals surface area contributed by atoms with Gasteiger partial charge in [0, 0.05) is 19.1 Å². The molecule has 0 heterocycles. The predicted octanol–water partition coefficient (Wildman–Crippen LogP) is 2.09. The third kappa shape index (κ3) is 4.48. The predicted molar refractivity (Wildman–Crippen MR) is 73.0 cm³/mol. The van der Waals surface area contributed by atoms with Crippen molar-refractivity contribution >= 4 is 5.91 Å². The molecule has 0 aliphatic heterocycles. The summed E-state index contributed by atoms with van der Waals surface area (Å²) in [6.45, 7) is 5.14. The first-order valence-electron chi connectivity index (χ1n) is 6.55. The molecule has 1 fully saturated rings. The fourth-order valence-electron chi connectivity index (χ4n) is 2.00. The summed E-state index contributed by atoms with van der Waals surface area (Å²) in [7, 11) is 0. The van der Waals surface area contributed by atoms with Crippen molar-refractivity contribution in [3.63, 3.8) is 0 Å². The van der Waals surface area contributed by atoms with E-state index in [4.69, 9.17) is 0 Å². The first-order chi connectivity index (χ1) is 9.19. The number of halogens is 1. The molecule has 19 heavy (non-hydrogen) atoms. The van der Waals surface area contributed by atoms with Gasteiger partial charge in [-0.15, -0.1) is 6.58 Å². The van der Waals surface area contributed by atoms with Crippen molar-refractivity contribution in [2.24, 2.45) is 0 Å². The summed E-state index contributed by atoms with van der Waals surface area (Å²) in [6.07, 6.45) is 3.94. The maximum atomic E-state index is 12.9. The number of nitrogens with one attached hydrogen (secondary N) is 1. The molecule has 1 amide bonds. The molecule has 0 radical (unpaired) electrons. The number of amides is 1. The van der Waals surface area contributed by atoms with Crippen LogP contribution in [0.5, 0.6) is 0 Å². The van der Waals surface area contributed by atoms with E-state index < -0.39 is 0 Å². The minimum atomic E-state index is -0.231. The van der Waals surface area contributed by atoms with Crippen LogP contribution in [-0.4, -0.2) is 29.9 Å². The topological polar surface area (TPSA) is 32.3 Å². The standard InChI is InChI=1S/C15H19FN2O/c1-2-9-17-15(19)11-18(14-7-8-14)10-12-3-5-13(16)6-4-12/h2-6,14H,1,7-11H2,(H,17,19). The molecule has 1 aromatic carbocycles. The van der Waals surface area contributed by atoms with Crippen LogP contribution in [0.3, 0.4) is 0 Å². The first kappa shape index (κ1) is 13.7. The second-order valence-electron chi connectivity index (χ2n) is 4.86. The van der Waals surface area contributed by atoms with Crippen molar-refractivity contribution in [1.82, 2.24) is 10.2 Å². The molecule has 0 bridgehead atoms. The smallest absolute Gasteiger partial charge is 0.234 e. The van der Waals surface area contributed by atoms with Crippen LogP contribution >= 0.6 is 0 Å². The van der Waals surface area contributed by atoms with Crippen LogP contribution in [-0.2, 0) is 11.3 Å². The lowest BCUT2D eigenvalue weighted by molar-refractivity contribution is -0.122. The minimum absolute atomic E-state index is 0.00825. The molecule has 2 rings (SSSR count). The summed E-state index contributed by atoms with van der Waals surface area (Å²) in [5.74, 6) is -0.223. The summed E-state index contributed by atoms with van der Waals surface area (Å²) in [5, 5.41) is 2.78. The Balaban J connectivity index is 1.90. The first-order valence-corrected chi connectivity index (χ1v) is 6.55. The third-order valence-electron chi connectivity index (χ3n) is 3.15. The maximum Gasteiger partial charge on any atom is 0.234 e. The van der Waals surface area contributed by atoms with Crippen molar-refractivity contribution in [3.8, 4) is 0 Å². The quantitative estimate of drug-likeness (QED) is 0.763. The second-order valence-corrected chi connectivity index (χ2v) is 4.86. The van der Waals surface area contributed by atoms with Crippen LogP contribution in [0.4, 0.5) is 4.39 Å². The Kier molecular flexibility index (Phi) is 4.68. The van der Waals surface area contributed by atoms with Gasteiger partial charge in [-0.25, -0.2) is 4.39 Å². The van der Waals surface area contributed by atoms with Gasteiger partial charge in [0.1, 0.15) is 5.82 Å². The number of nitrogens with zero attached hydrogens (tertiary/aromatic N) is 1. The lowest BCUT2D eigenvalue weighted by Gasteiger charge is -2.21. The molecule has 1 aliphatic carbocycles. The summed E-state index contributed by atoms with van der Waals surface area (Å²) >= 11 is 0. The van der Waals surface area contributed by atoms with Gasteiger partial charge in [0.05, 0.1) is 6.54 Å². The van der Waals surface area contributed by atoms with Gasteiger partial charge in [-0.2, -0.15) is 0 Å². The van der Waals surface area contributed by atoms with Gasteiger partial charge in [-0.05, 0) is 30.5 Å². The van der Waals surface area contributed by atoms with Crippen molar-refractivity contribution in [3.05, 3.63) is 48.3 Å². The van der Waals surface area contributed by atoms with E-state index in [1.165, 1.54) is 12.1 Å². The largest absolute Gasteiger partial charge is 0.352 e. The fraction of sp³-hybridized carbons (Fsp3) is 0.400. The van der Waals surface area contributed by atoms with Crippen molar-refractivity contribution in [2.45, 2.75) is 25.4 Å². The van der Waals surface area contributed by atoms with E-state index in [0.29, 0.717) is 25.7 Å². The zero-order chi connectivity index (χ0) is 13.7. The van der Waals surface area contributed by atoms with E-state index in [1.807, 2.05) is 0 Å². The van der Waals surface area contributed by atoms with Gasteiger partial charge < -0.3 is 5.32 Å². The lowest BCUT2D eigenvalue weighted by atomic mass is 10.2. The second kappa shape index (κ2) is 6.48. The average Bonchev–Trinajstić information content (AvgIpc) is 3.22. The molecular weight excluding hydrogens is 243 g/mol. The minimum Gasteiger partial charge on any atom is -0.352 e. The Labute approximate surface area is 113 Å². The number of benzene rings is 1. The van der Waals surface area contributed by atoms with E-state index in [1.54, 1.807) is 18.2 Å². The molecular formula is C15H19FN2O. The normalized spacial score (nSPS) is 14.4. The highest BCUT2D eigenvalue weighted by Crippen LogP contribution is 2.28. The maximum absolute atomic E-state index is 12.9. The van der Waals surface area contributed by atoms with Crippen LogP contribution in [0.2, 0.25) is 0 Å². The van der Waals surface area contributed by atoms with Crippen molar-refractivity contribution in [2.75, 3.05) is 13.1 Å². The average molecular weight is 262 g/mol. The van der Waals surface area contributed by atoms with E-state index >= 15 is 0 Å². The van der Waals surface area contributed by atoms with Gasteiger partial charge in [0.15, 0.2) is 0 Å². The third-order valence-corrected chi connectivity index (χ3v) is 3.15. The molecule has 102 valence electrons. The molecule has 1 saturated carbocycles. The molecule has 0 spiro atoms. The van der Waals surface area contributed by atoms with Gasteiger partial charge >= 0.3 is 0 Å². The van der Waals surface area contributed by atoms with E-state index in [9.17, 15) is 9.18 Å². The molecule has 4 heteroatoms. The Morgan fingerprint density at radius 2 is 2.11 bits per heavy atom. The van der Waals surface area contributed by atoms with E-state index in [2.05, 4.69) is 16.8 Å². The zero-order valence-corrected chi connectivity index (χ0v) is 10.9. The van der Waals surface area contributed by atoms with Gasteiger partial charge in [-0.3, -0.25) is 9.69 Å². The van der Waals surface area contributed by atoms with Gasteiger partial charge in [0.2, 0.25) is 5.91 Å². The molecule has 0 saturated heterocycles. The van der Waals surface area contributed by atoms with Gasteiger partial charge in [-0.1, -0.05) is 18.2 Å². The number of carbonyl (C=O) groups is 1.